The number of likely N-dealkylation sites (tertiary alicyclic amines) is 1. The molecule has 2 N–H and O–H groups in total. The fraction of sp³-hybridized carbons (Fsp3) is 0.320. The van der Waals surface area contributed by atoms with E-state index in [0.717, 1.165) is 35.4 Å². The maximum absolute atomic E-state index is 12.0. The average molecular weight is 471 g/mol. The molecule has 0 spiro atoms. The van der Waals surface area contributed by atoms with E-state index in [1.807, 2.05) is 54.9 Å². The second-order valence-corrected chi connectivity index (χ2v) is 8.92. The predicted molar refractivity (Wildman–Crippen MR) is 130 cm³/mol. The number of imidazole rings is 1. The number of aliphatic hydroxyl groups is 1. The first-order valence-electron chi connectivity index (χ1n) is 11.5. The van der Waals surface area contributed by atoms with Crippen molar-refractivity contribution < 1.29 is 9.90 Å². The lowest BCUT2D eigenvalue weighted by Gasteiger charge is -2.29. The summed E-state index contributed by atoms with van der Waals surface area (Å²) < 4.78 is 3.45. The van der Waals surface area contributed by atoms with E-state index >= 15 is 0 Å². The van der Waals surface area contributed by atoms with E-state index in [4.69, 9.17) is 4.98 Å². The smallest absolute Gasteiger partial charge is 0.224 e. The van der Waals surface area contributed by atoms with Gasteiger partial charge < -0.3 is 15.3 Å². The molecule has 0 bridgehead atoms. The molecule has 0 aliphatic carbocycles. The van der Waals surface area contributed by atoms with Gasteiger partial charge in [0.1, 0.15) is 18.2 Å². The molecular formula is C25H26N8O2. The lowest BCUT2D eigenvalue weighted by molar-refractivity contribution is -0.132. The number of nitrogens with zero attached hydrogens (tertiary/aromatic N) is 7. The number of hydrogen-bond acceptors (Lipinski definition) is 7. The molecule has 0 saturated carbocycles. The molecule has 1 aliphatic heterocycles. The summed E-state index contributed by atoms with van der Waals surface area (Å²) in [5.74, 6) is 1.22. The normalized spacial score (nSPS) is 16.9. The van der Waals surface area contributed by atoms with Crippen molar-refractivity contribution in [3.8, 4) is 17.7 Å². The summed E-state index contributed by atoms with van der Waals surface area (Å²) in [6.07, 6.45) is 2.32. The van der Waals surface area contributed by atoms with Crippen LogP contribution in [0, 0.1) is 18.3 Å². The topological polar surface area (TPSA) is 125 Å². The third-order valence-corrected chi connectivity index (χ3v) is 6.37. The molecule has 178 valence electrons. The van der Waals surface area contributed by atoms with E-state index in [-0.39, 0.29) is 17.6 Å². The summed E-state index contributed by atoms with van der Waals surface area (Å²) in [5.41, 5.74) is 4.21. The lowest BCUT2D eigenvalue weighted by atomic mass is 10.0. The molecule has 1 saturated heterocycles. The van der Waals surface area contributed by atoms with Crippen molar-refractivity contribution in [3.63, 3.8) is 0 Å². The van der Waals surface area contributed by atoms with Gasteiger partial charge in [0, 0.05) is 43.0 Å². The van der Waals surface area contributed by atoms with Crippen molar-refractivity contribution in [2.75, 3.05) is 18.9 Å². The van der Waals surface area contributed by atoms with Gasteiger partial charge >= 0.3 is 0 Å². The number of hydrogen-bond donors (Lipinski definition) is 2. The largest absolute Gasteiger partial charge is 0.389 e. The number of aliphatic hydroxyl groups excluding tert-OH is 1. The molecule has 3 aromatic heterocycles. The highest BCUT2D eigenvalue weighted by Crippen LogP contribution is 2.26. The number of aryl methyl sites for hydroxylation is 1. The molecule has 2 atom stereocenters. The van der Waals surface area contributed by atoms with Gasteiger partial charge in [-0.25, -0.2) is 14.6 Å². The highest BCUT2D eigenvalue weighted by atomic mass is 16.3. The fourth-order valence-corrected chi connectivity index (χ4v) is 4.41. The molecule has 5 rings (SSSR count). The number of benzene rings is 1. The molecule has 2 unspecified atom stereocenters. The van der Waals surface area contributed by atoms with Crippen LogP contribution in [0.3, 0.4) is 0 Å². The zero-order valence-corrected chi connectivity index (χ0v) is 19.8. The maximum atomic E-state index is 12.0. The Morgan fingerprint density at radius 2 is 2.09 bits per heavy atom. The van der Waals surface area contributed by atoms with E-state index in [1.165, 1.54) is 0 Å². The summed E-state index contributed by atoms with van der Waals surface area (Å²) >= 11 is 0. The van der Waals surface area contributed by atoms with Crippen molar-refractivity contribution in [2.24, 2.45) is 0 Å². The summed E-state index contributed by atoms with van der Waals surface area (Å²) in [6, 6.07) is 13.4. The molecule has 35 heavy (non-hydrogen) atoms. The van der Waals surface area contributed by atoms with Crippen LogP contribution in [0.5, 0.6) is 0 Å². The van der Waals surface area contributed by atoms with Gasteiger partial charge in [0.25, 0.3) is 0 Å². The predicted octanol–water partition coefficient (Wildman–Crippen LogP) is 2.87. The second-order valence-electron chi connectivity index (χ2n) is 8.92. The number of nitriles is 1. The number of pyridine rings is 1. The first kappa shape index (κ1) is 22.6. The second kappa shape index (κ2) is 8.85. The summed E-state index contributed by atoms with van der Waals surface area (Å²) in [7, 11) is 1.83. The Bertz CT molecular complexity index is 1460. The van der Waals surface area contributed by atoms with Gasteiger partial charge in [0.05, 0.1) is 17.1 Å². The quantitative estimate of drug-likeness (QED) is 0.459. The Labute approximate surface area is 202 Å². The van der Waals surface area contributed by atoms with E-state index in [9.17, 15) is 15.2 Å². The van der Waals surface area contributed by atoms with Gasteiger partial charge in [-0.15, -0.1) is 0 Å². The zero-order chi connectivity index (χ0) is 24.7. The maximum Gasteiger partial charge on any atom is 0.224 e. The van der Waals surface area contributed by atoms with Gasteiger partial charge in [-0.05, 0) is 56.7 Å². The number of piperidine rings is 1. The van der Waals surface area contributed by atoms with Crippen molar-refractivity contribution in [2.45, 2.75) is 38.8 Å². The van der Waals surface area contributed by atoms with Gasteiger partial charge in [-0.2, -0.15) is 10.4 Å². The molecule has 1 aromatic carbocycles. The molecule has 0 radical (unpaired) electrons. The number of nitrogens with one attached hydrogen (secondary N) is 1. The van der Waals surface area contributed by atoms with Crippen LogP contribution in [0.1, 0.15) is 42.8 Å². The third-order valence-electron chi connectivity index (χ3n) is 6.37. The SMILES string of the molecule is Cc1cc(C#N)nn1-c1nc(-n2cnc3cc(NC4CCN(C)C(=O)C4)ccc32)ccc1C(C)O. The van der Waals surface area contributed by atoms with Crippen LogP contribution in [-0.2, 0) is 4.79 Å². The number of anilines is 1. The van der Waals surface area contributed by atoms with Gasteiger partial charge in [-0.3, -0.25) is 9.36 Å². The fourth-order valence-electron chi connectivity index (χ4n) is 4.41. The molecule has 1 fully saturated rings. The molecule has 1 amide bonds. The Morgan fingerprint density at radius 3 is 2.80 bits per heavy atom. The van der Waals surface area contributed by atoms with Crippen LogP contribution < -0.4 is 5.32 Å². The highest BCUT2D eigenvalue weighted by Gasteiger charge is 2.23. The van der Waals surface area contributed by atoms with Crippen molar-refractivity contribution >= 4 is 22.6 Å². The van der Waals surface area contributed by atoms with Gasteiger partial charge in [0.2, 0.25) is 5.91 Å². The van der Waals surface area contributed by atoms with Gasteiger partial charge in [-0.1, -0.05) is 0 Å². The van der Waals surface area contributed by atoms with E-state index < -0.39 is 6.10 Å². The van der Waals surface area contributed by atoms with Crippen LogP contribution in [0.2, 0.25) is 0 Å². The van der Waals surface area contributed by atoms with Gasteiger partial charge in [0.15, 0.2) is 11.5 Å². The van der Waals surface area contributed by atoms with Crippen molar-refractivity contribution in [1.82, 2.24) is 29.2 Å². The Balaban J connectivity index is 1.49. The molecular weight excluding hydrogens is 444 g/mol. The standard InChI is InChI=1S/C25H26N8O2/c1-15-10-19(13-26)30-33(15)25-20(16(2)34)5-7-23(29-25)32-14-27-21-11-17(4-6-22(21)32)28-18-8-9-31(3)24(35)12-18/h4-7,10-11,14,16,18,28,34H,8-9,12H2,1-3H3. The van der Waals surface area contributed by atoms with Crippen LogP contribution in [0.25, 0.3) is 22.7 Å². The summed E-state index contributed by atoms with van der Waals surface area (Å²) in [4.78, 5) is 23.1. The summed E-state index contributed by atoms with van der Waals surface area (Å²) in [5, 5.41) is 27.3. The molecule has 1 aliphatic rings. The van der Waals surface area contributed by atoms with Crippen LogP contribution in [-0.4, -0.2) is 59.9 Å². The van der Waals surface area contributed by atoms with E-state index in [2.05, 4.69) is 15.4 Å². The Morgan fingerprint density at radius 1 is 1.26 bits per heavy atom. The minimum absolute atomic E-state index is 0.103. The van der Waals surface area contributed by atoms with E-state index in [0.29, 0.717) is 23.6 Å². The highest BCUT2D eigenvalue weighted by molar-refractivity contribution is 5.82. The minimum atomic E-state index is -0.764. The number of carbonyl (C=O) groups is 1. The van der Waals surface area contributed by atoms with Crippen LogP contribution >= 0.6 is 0 Å². The number of carbonyl (C=O) groups excluding carboxylic acids is 1. The minimum Gasteiger partial charge on any atom is -0.389 e. The molecule has 4 aromatic rings. The number of fused-ring (bicyclic) bond motifs is 1. The average Bonchev–Trinajstić information content (AvgIpc) is 3.44. The Kier molecular flexibility index (Phi) is 5.70. The van der Waals surface area contributed by atoms with Crippen molar-refractivity contribution in [3.05, 3.63) is 59.7 Å². The lowest BCUT2D eigenvalue weighted by Crippen LogP contribution is -2.40. The third kappa shape index (κ3) is 4.22. The monoisotopic (exact) mass is 470 g/mol. The summed E-state index contributed by atoms with van der Waals surface area (Å²) in [6.45, 7) is 4.26. The van der Waals surface area contributed by atoms with Crippen LogP contribution in [0.15, 0.2) is 42.7 Å². The van der Waals surface area contributed by atoms with E-state index in [1.54, 1.807) is 28.9 Å². The Hall–Kier alpha value is -4.23. The molecule has 10 nitrogen and oxygen atoms in total. The number of amides is 1. The number of aromatic nitrogens is 5. The van der Waals surface area contributed by atoms with Crippen LogP contribution in [0.4, 0.5) is 5.69 Å². The molecule has 4 heterocycles. The first-order valence-corrected chi connectivity index (χ1v) is 11.5. The zero-order valence-electron chi connectivity index (χ0n) is 19.8. The molecule has 10 heteroatoms. The first-order chi connectivity index (χ1) is 16.8. The number of rotatable bonds is 5. The van der Waals surface area contributed by atoms with Crippen molar-refractivity contribution in [1.29, 1.82) is 5.26 Å².